The lowest BCUT2D eigenvalue weighted by Gasteiger charge is -2.40. The van der Waals surface area contributed by atoms with E-state index >= 15 is 0 Å². The van der Waals surface area contributed by atoms with Crippen molar-refractivity contribution in [2.45, 2.75) is 58.1 Å². The van der Waals surface area contributed by atoms with E-state index in [1.807, 2.05) is 23.1 Å². The predicted octanol–water partition coefficient (Wildman–Crippen LogP) is 5.43. The van der Waals surface area contributed by atoms with Gasteiger partial charge in [0.2, 0.25) is 5.91 Å². The number of benzene rings is 2. The molecular formula is C27H37NO4. The first kappa shape index (κ1) is 24.1. The molecule has 0 unspecified atom stereocenters. The summed E-state index contributed by atoms with van der Waals surface area (Å²) in [6.45, 7) is 8.07. The zero-order valence-electron chi connectivity index (χ0n) is 20.1. The standard InChI is InChI=1S/C27H37NO4/c1-20(29)28(19-21-11-12-25(30-4)26(17-21)31-5)15-13-24(22-9-7-6-8-10-22)23-14-16-32-27(2,3)18-23/h6-12,17,23-24H,13-16,18-19H2,1-5H3/t23-,24-/m0/s1. The summed E-state index contributed by atoms with van der Waals surface area (Å²) in [5.74, 6) is 2.39. The molecular weight excluding hydrogens is 402 g/mol. The second-order valence-electron chi connectivity index (χ2n) is 9.30. The summed E-state index contributed by atoms with van der Waals surface area (Å²) in [5.41, 5.74) is 2.28. The van der Waals surface area contributed by atoms with Crippen molar-refractivity contribution in [3.05, 3.63) is 59.7 Å². The molecule has 3 rings (SSSR count). The fraction of sp³-hybridized carbons (Fsp3) is 0.519. The van der Waals surface area contributed by atoms with Crippen molar-refractivity contribution in [1.29, 1.82) is 0 Å². The van der Waals surface area contributed by atoms with Crippen molar-refractivity contribution in [3.63, 3.8) is 0 Å². The first-order chi connectivity index (χ1) is 15.3. The molecule has 1 aliphatic rings. The lowest BCUT2D eigenvalue weighted by molar-refractivity contribution is -0.129. The molecule has 2 atom stereocenters. The molecule has 1 saturated heterocycles. The van der Waals surface area contributed by atoms with E-state index in [9.17, 15) is 4.79 Å². The Morgan fingerprint density at radius 1 is 1.12 bits per heavy atom. The van der Waals surface area contributed by atoms with Crippen LogP contribution in [-0.2, 0) is 16.1 Å². The van der Waals surface area contributed by atoms with Crippen LogP contribution >= 0.6 is 0 Å². The quantitative estimate of drug-likeness (QED) is 0.523. The van der Waals surface area contributed by atoms with Gasteiger partial charge in [-0.1, -0.05) is 36.4 Å². The zero-order valence-corrected chi connectivity index (χ0v) is 20.1. The highest BCUT2D eigenvalue weighted by Crippen LogP contribution is 2.40. The van der Waals surface area contributed by atoms with Crippen LogP contribution in [0, 0.1) is 5.92 Å². The highest BCUT2D eigenvalue weighted by Gasteiger charge is 2.34. The van der Waals surface area contributed by atoms with E-state index in [4.69, 9.17) is 14.2 Å². The Bertz CT molecular complexity index is 880. The Labute approximate surface area is 192 Å². The summed E-state index contributed by atoms with van der Waals surface area (Å²) >= 11 is 0. The first-order valence-corrected chi connectivity index (χ1v) is 11.5. The number of methoxy groups -OCH3 is 2. The van der Waals surface area contributed by atoms with Gasteiger partial charge in [0.05, 0.1) is 19.8 Å². The van der Waals surface area contributed by atoms with Crippen LogP contribution in [0.2, 0.25) is 0 Å². The van der Waals surface area contributed by atoms with Gasteiger partial charge in [0.15, 0.2) is 11.5 Å². The Morgan fingerprint density at radius 3 is 2.47 bits per heavy atom. The smallest absolute Gasteiger partial charge is 0.219 e. The lowest BCUT2D eigenvalue weighted by atomic mass is 9.75. The van der Waals surface area contributed by atoms with Crippen LogP contribution in [0.1, 0.15) is 57.1 Å². The molecule has 0 bridgehead atoms. The molecule has 5 heteroatoms. The molecule has 1 heterocycles. The van der Waals surface area contributed by atoms with E-state index < -0.39 is 0 Å². The van der Waals surface area contributed by atoms with Gasteiger partial charge < -0.3 is 19.1 Å². The highest BCUT2D eigenvalue weighted by atomic mass is 16.5. The van der Waals surface area contributed by atoms with Gasteiger partial charge in [-0.25, -0.2) is 0 Å². The normalized spacial score (nSPS) is 18.6. The van der Waals surface area contributed by atoms with Crippen LogP contribution in [0.3, 0.4) is 0 Å². The molecule has 0 aromatic heterocycles. The molecule has 1 fully saturated rings. The molecule has 1 amide bonds. The summed E-state index contributed by atoms with van der Waals surface area (Å²) in [6.07, 6.45) is 3.01. The molecule has 0 saturated carbocycles. The lowest BCUT2D eigenvalue weighted by Crippen LogP contribution is -2.37. The van der Waals surface area contributed by atoms with Crippen LogP contribution < -0.4 is 9.47 Å². The summed E-state index contributed by atoms with van der Waals surface area (Å²) in [5, 5.41) is 0. The molecule has 0 radical (unpaired) electrons. The van der Waals surface area contributed by atoms with Gasteiger partial charge in [-0.15, -0.1) is 0 Å². The third kappa shape index (κ3) is 6.26. The van der Waals surface area contributed by atoms with Crippen LogP contribution in [0.15, 0.2) is 48.5 Å². The maximum absolute atomic E-state index is 12.5. The average molecular weight is 440 g/mol. The van der Waals surface area contributed by atoms with E-state index in [0.29, 0.717) is 36.4 Å². The summed E-state index contributed by atoms with van der Waals surface area (Å²) in [4.78, 5) is 14.4. The largest absolute Gasteiger partial charge is 0.493 e. The Kier molecular flexibility index (Phi) is 8.19. The summed E-state index contributed by atoms with van der Waals surface area (Å²) in [7, 11) is 3.25. The molecule has 5 nitrogen and oxygen atoms in total. The molecule has 0 N–H and O–H groups in total. The molecule has 2 aromatic rings. The van der Waals surface area contributed by atoms with Crippen LogP contribution in [0.25, 0.3) is 0 Å². The van der Waals surface area contributed by atoms with Crippen LogP contribution in [0.4, 0.5) is 0 Å². The van der Waals surface area contributed by atoms with E-state index in [0.717, 1.165) is 31.4 Å². The minimum atomic E-state index is -0.101. The van der Waals surface area contributed by atoms with E-state index in [1.165, 1.54) is 5.56 Å². The minimum Gasteiger partial charge on any atom is -0.493 e. The predicted molar refractivity (Wildman–Crippen MR) is 127 cm³/mol. The molecule has 174 valence electrons. The van der Waals surface area contributed by atoms with Crippen molar-refractivity contribution in [1.82, 2.24) is 4.90 Å². The maximum Gasteiger partial charge on any atom is 0.219 e. The van der Waals surface area contributed by atoms with Crippen molar-refractivity contribution in [2.24, 2.45) is 5.92 Å². The average Bonchev–Trinajstić information content (AvgIpc) is 2.78. The monoisotopic (exact) mass is 439 g/mol. The van der Waals surface area contributed by atoms with Gasteiger partial charge in [-0.05, 0) is 68.2 Å². The highest BCUT2D eigenvalue weighted by molar-refractivity contribution is 5.73. The number of carbonyl (C=O) groups excluding carboxylic acids is 1. The van der Waals surface area contributed by atoms with Crippen molar-refractivity contribution in [3.8, 4) is 11.5 Å². The number of amides is 1. The topological polar surface area (TPSA) is 48.0 Å². The number of hydrogen-bond acceptors (Lipinski definition) is 4. The van der Waals surface area contributed by atoms with Crippen molar-refractivity contribution < 1.29 is 19.0 Å². The van der Waals surface area contributed by atoms with Gasteiger partial charge >= 0.3 is 0 Å². The Morgan fingerprint density at radius 2 is 1.84 bits per heavy atom. The Balaban J connectivity index is 1.76. The Hall–Kier alpha value is -2.53. The minimum absolute atomic E-state index is 0.0823. The number of carbonyl (C=O) groups is 1. The second kappa shape index (κ2) is 10.9. The molecule has 0 spiro atoms. The number of ether oxygens (including phenoxy) is 3. The second-order valence-corrected chi connectivity index (χ2v) is 9.30. The molecule has 32 heavy (non-hydrogen) atoms. The third-order valence-electron chi connectivity index (χ3n) is 6.51. The van der Waals surface area contributed by atoms with E-state index in [1.54, 1.807) is 21.1 Å². The number of nitrogens with zero attached hydrogens (tertiary/aromatic N) is 1. The SMILES string of the molecule is COc1ccc(CN(CC[C@@H](c2ccccc2)[C@H]2CCOC(C)(C)C2)C(C)=O)cc1OC. The van der Waals surface area contributed by atoms with E-state index in [2.05, 4.69) is 44.2 Å². The fourth-order valence-corrected chi connectivity index (χ4v) is 4.84. The third-order valence-corrected chi connectivity index (χ3v) is 6.51. The number of hydrogen-bond donors (Lipinski definition) is 0. The van der Waals surface area contributed by atoms with E-state index in [-0.39, 0.29) is 11.5 Å². The van der Waals surface area contributed by atoms with Crippen molar-refractivity contribution >= 4 is 5.91 Å². The van der Waals surface area contributed by atoms with Crippen LogP contribution in [-0.4, -0.2) is 43.8 Å². The van der Waals surface area contributed by atoms with Gasteiger partial charge in [0.1, 0.15) is 0 Å². The summed E-state index contributed by atoms with van der Waals surface area (Å²) in [6, 6.07) is 16.6. The molecule has 1 aliphatic heterocycles. The maximum atomic E-state index is 12.5. The summed E-state index contributed by atoms with van der Waals surface area (Å²) < 4.78 is 16.8. The van der Waals surface area contributed by atoms with Gasteiger partial charge in [0, 0.05) is 26.6 Å². The van der Waals surface area contributed by atoms with Crippen molar-refractivity contribution in [2.75, 3.05) is 27.4 Å². The fourth-order valence-electron chi connectivity index (χ4n) is 4.84. The van der Waals surface area contributed by atoms with Gasteiger partial charge in [-0.3, -0.25) is 4.79 Å². The molecule has 2 aromatic carbocycles. The first-order valence-electron chi connectivity index (χ1n) is 11.5. The number of rotatable bonds is 9. The molecule has 0 aliphatic carbocycles. The zero-order chi connectivity index (χ0) is 23.1. The van der Waals surface area contributed by atoms with Gasteiger partial charge in [0.25, 0.3) is 0 Å². The van der Waals surface area contributed by atoms with Crippen LogP contribution in [0.5, 0.6) is 11.5 Å². The van der Waals surface area contributed by atoms with Gasteiger partial charge in [-0.2, -0.15) is 0 Å².